The van der Waals surface area contributed by atoms with Gasteiger partial charge in [0.15, 0.2) is 17.3 Å². The minimum absolute atomic E-state index is 0.0258. The number of aromatic hydroxyl groups is 1. The molecule has 0 fully saturated rings. The van der Waals surface area contributed by atoms with Crippen molar-refractivity contribution in [2.24, 2.45) is 0 Å². The molecule has 0 amide bonds. The molecule has 0 aliphatic heterocycles. The molecule has 3 rings (SSSR count). The molecule has 0 radical (unpaired) electrons. The Labute approximate surface area is 173 Å². The van der Waals surface area contributed by atoms with Gasteiger partial charge < -0.3 is 10.4 Å². The number of hydrogen-bond donors (Lipinski definition) is 3. The number of phenolic OH excluding ortho intramolecular Hbond substituents is 1. The van der Waals surface area contributed by atoms with Gasteiger partial charge in [0.05, 0.1) is 29.3 Å². The van der Waals surface area contributed by atoms with Gasteiger partial charge in [-0.25, -0.2) is 14.4 Å². The zero-order chi connectivity index (χ0) is 21.8. The lowest BCUT2D eigenvalue weighted by Gasteiger charge is -2.15. The maximum absolute atomic E-state index is 13.7. The second-order valence-electron chi connectivity index (χ2n) is 6.84. The number of carbonyl (C=O) groups excluding carboxylic acids is 1. The number of aromatic nitrogens is 4. The zero-order valence-electron chi connectivity index (χ0n) is 17.0. The number of anilines is 2. The van der Waals surface area contributed by atoms with Crippen molar-refractivity contribution in [3.63, 3.8) is 0 Å². The fourth-order valence-electron chi connectivity index (χ4n) is 3.05. The number of aryl methyl sites for hydroxylation is 1. The monoisotopic (exact) mass is 410 g/mol. The number of rotatable bonds is 8. The summed E-state index contributed by atoms with van der Waals surface area (Å²) < 4.78 is 15.3. The van der Waals surface area contributed by atoms with Crippen molar-refractivity contribution in [2.45, 2.75) is 39.7 Å². The van der Waals surface area contributed by atoms with Crippen LogP contribution in [-0.2, 0) is 4.79 Å². The summed E-state index contributed by atoms with van der Waals surface area (Å²) >= 11 is 0. The third kappa shape index (κ3) is 4.35. The average molecular weight is 410 g/mol. The largest absolute Gasteiger partial charge is 0.505 e. The van der Waals surface area contributed by atoms with E-state index in [-0.39, 0.29) is 23.9 Å². The van der Waals surface area contributed by atoms with Crippen molar-refractivity contribution in [3.8, 4) is 17.0 Å². The van der Waals surface area contributed by atoms with Crippen molar-refractivity contribution >= 4 is 23.1 Å². The van der Waals surface area contributed by atoms with Crippen LogP contribution in [0.5, 0.6) is 5.75 Å². The summed E-state index contributed by atoms with van der Waals surface area (Å²) in [5, 5.41) is 24.8. The van der Waals surface area contributed by atoms with E-state index in [1.54, 1.807) is 36.3 Å². The summed E-state index contributed by atoms with van der Waals surface area (Å²) in [7, 11) is 0. The molecule has 9 heteroatoms. The smallest absolute Gasteiger partial charge is 0.227 e. The predicted octanol–water partition coefficient (Wildman–Crippen LogP) is 4.19. The van der Waals surface area contributed by atoms with E-state index in [2.05, 4.69) is 20.4 Å². The number of carbonyl (C=O) groups is 1. The highest BCUT2D eigenvalue weighted by Crippen LogP contribution is 2.27. The maximum Gasteiger partial charge on any atom is 0.227 e. The van der Waals surface area contributed by atoms with Crippen LogP contribution in [0.15, 0.2) is 36.8 Å². The number of nitrogens with one attached hydrogen (secondary N) is 2. The number of ketones is 1. The van der Waals surface area contributed by atoms with Gasteiger partial charge in [0.2, 0.25) is 5.95 Å². The van der Waals surface area contributed by atoms with Gasteiger partial charge in [-0.3, -0.25) is 14.9 Å². The molecule has 2 aromatic heterocycles. The first-order valence-electron chi connectivity index (χ1n) is 9.59. The van der Waals surface area contributed by atoms with E-state index < -0.39 is 17.6 Å². The number of phenols is 1. The molecule has 30 heavy (non-hydrogen) atoms. The van der Waals surface area contributed by atoms with Crippen molar-refractivity contribution < 1.29 is 14.3 Å². The molecule has 8 nitrogen and oxygen atoms in total. The van der Waals surface area contributed by atoms with Crippen LogP contribution in [0.4, 0.5) is 16.0 Å². The lowest BCUT2D eigenvalue weighted by atomic mass is 10.0. The molecule has 156 valence electrons. The van der Waals surface area contributed by atoms with Crippen molar-refractivity contribution in [3.05, 3.63) is 48.2 Å². The van der Waals surface area contributed by atoms with Crippen LogP contribution in [0.2, 0.25) is 0 Å². The first-order valence-corrected chi connectivity index (χ1v) is 9.59. The number of hydrogen-bond acceptors (Lipinski definition) is 7. The maximum atomic E-state index is 13.7. The summed E-state index contributed by atoms with van der Waals surface area (Å²) in [4.78, 5) is 20.6. The first kappa shape index (κ1) is 21.1. The van der Waals surface area contributed by atoms with Crippen LogP contribution in [-0.4, -0.2) is 36.3 Å². The number of Topliss-reactive ketones (excluding diaryl/α,β-unsaturated/α-hetero) is 1. The summed E-state index contributed by atoms with van der Waals surface area (Å²) in [6.07, 6.45) is 5.71. The van der Waals surface area contributed by atoms with Gasteiger partial charge >= 0.3 is 0 Å². The lowest BCUT2D eigenvalue weighted by Crippen LogP contribution is -2.25. The van der Waals surface area contributed by atoms with Crippen LogP contribution in [0.1, 0.15) is 38.3 Å². The van der Waals surface area contributed by atoms with Gasteiger partial charge in [-0.05, 0) is 37.1 Å². The Bertz CT molecular complexity index is 1090. The summed E-state index contributed by atoms with van der Waals surface area (Å²) in [5.74, 6) is -1.07. The minimum atomic E-state index is -0.726. The lowest BCUT2D eigenvalue weighted by molar-refractivity contribution is -0.113. The number of halogens is 1. The summed E-state index contributed by atoms with van der Waals surface area (Å²) in [6, 6.07) is 3.63. The van der Waals surface area contributed by atoms with Crippen LogP contribution < -0.4 is 5.32 Å². The van der Waals surface area contributed by atoms with E-state index in [0.717, 1.165) is 5.56 Å². The molecule has 0 spiro atoms. The van der Waals surface area contributed by atoms with Crippen molar-refractivity contribution in [1.29, 1.82) is 5.41 Å². The van der Waals surface area contributed by atoms with E-state index >= 15 is 0 Å². The molecule has 3 aromatic rings. The molecular formula is C21H23FN6O2. The third-order valence-corrected chi connectivity index (χ3v) is 4.71. The molecular weight excluding hydrogens is 387 g/mol. The molecule has 0 saturated carbocycles. The quantitative estimate of drug-likeness (QED) is 0.480. The van der Waals surface area contributed by atoms with Crippen molar-refractivity contribution in [1.82, 2.24) is 19.7 Å². The van der Waals surface area contributed by atoms with Gasteiger partial charge in [0.1, 0.15) is 0 Å². The van der Waals surface area contributed by atoms with Crippen LogP contribution in [0, 0.1) is 18.2 Å². The Kier molecular flexibility index (Phi) is 6.20. The van der Waals surface area contributed by atoms with E-state index in [1.165, 1.54) is 12.1 Å². The third-order valence-electron chi connectivity index (χ3n) is 4.71. The topological polar surface area (TPSA) is 117 Å². The highest BCUT2D eigenvalue weighted by atomic mass is 19.1. The first-order chi connectivity index (χ1) is 14.3. The fourth-order valence-corrected chi connectivity index (χ4v) is 3.05. The Hall–Kier alpha value is -3.62. The zero-order valence-corrected chi connectivity index (χ0v) is 17.0. The van der Waals surface area contributed by atoms with E-state index in [9.17, 15) is 14.3 Å². The van der Waals surface area contributed by atoms with Crippen molar-refractivity contribution in [2.75, 3.05) is 5.32 Å². The van der Waals surface area contributed by atoms with Gasteiger partial charge in [-0.2, -0.15) is 5.10 Å². The van der Waals surface area contributed by atoms with Crippen LogP contribution >= 0.6 is 0 Å². The Morgan fingerprint density at radius 1 is 1.33 bits per heavy atom. The standard InChI is InChI=1S/C21H23FN6O2/c1-4-16(19(23)17(29)5-2)28-11-14(10-25-28)26-21-24-9-12(3)20(27-21)13-6-7-18(30)15(22)8-13/h6-11,16,23,30H,4-5H2,1-3H3,(H,24,26,27). The Morgan fingerprint density at radius 3 is 2.77 bits per heavy atom. The highest BCUT2D eigenvalue weighted by molar-refractivity contribution is 6.39. The van der Waals surface area contributed by atoms with Crippen LogP contribution in [0.25, 0.3) is 11.3 Å². The molecule has 2 heterocycles. The second-order valence-corrected chi connectivity index (χ2v) is 6.84. The minimum Gasteiger partial charge on any atom is -0.505 e. The molecule has 1 unspecified atom stereocenters. The molecule has 1 atom stereocenters. The molecule has 0 saturated heterocycles. The van der Waals surface area contributed by atoms with Gasteiger partial charge in [-0.15, -0.1) is 0 Å². The van der Waals surface area contributed by atoms with Gasteiger partial charge in [0, 0.05) is 24.4 Å². The normalized spacial score (nSPS) is 11.9. The summed E-state index contributed by atoms with van der Waals surface area (Å²) in [6.45, 7) is 5.43. The SMILES string of the molecule is CCC(=O)C(=N)C(CC)n1cc(Nc2ncc(C)c(-c3ccc(O)c(F)c3)n2)cn1. The van der Waals surface area contributed by atoms with E-state index in [4.69, 9.17) is 5.41 Å². The highest BCUT2D eigenvalue weighted by Gasteiger charge is 2.21. The van der Waals surface area contributed by atoms with Crippen LogP contribution in [0.3, 0.4) is 0 Å². The van der Waals surface area contributed by atoms with E-state index in [0.29, 0.717) is 23.4 Å². The molecule has 0 bridgehead atoms. The Morgan fingerprint density at radius 2 is 2.10 bits per heavy atom. The Balaban J connectivity index is 1.85. The molecule has 0 aliphatic carbocycles. The predicted molar refractivity (Wildman–Crippen MR) is 112 cm³/mol. The number of nitrogens with zero attached hydrogens (tertiary/aromatic N) is 4. The van der Waals surface area contributed by atoms with E-state index in [1.807, 2.05) is 13.8 Å². The fraction of sp³-hybridized carbons (Fsp3) is 0.286. The summed E-state index contributed by atoms with van der Waals surface area (Å²) in [5.41, 5.74) is 2.41. The second kappa shape index (κ2) is 8.81. The van der Waals surface area contributed by atoms with Gasteiger partial charge in [0.25, 0.3) is 0 Å². The molecule has 1 aromatic carbocycles. The number of benzene rings is 1. The van der Waals surface area contributed by atoms with Gasteiger partial charge in [-0.1, -0.05) is 13.8 Å². The molecule has 3 N–H and O–H groups in total. The molecule has 0 aliphatic rings. The average Bonchev–Trinajstić information content (AvgIpc) is 3.19.